The molecule has 0 unspecified atom stereocenters. The Bertz CT molecular complexity index is 501. The number of benzene rings is 1. The molecule has 0 amide bonds. The number of allylic oxidation sites excluding steroid dienone is 1. The van der Waals surface area contributed by atoms with Crippen LogP contribution in [0.15, 0.2) is 41.5 Å². The number of rotatable bonds is 3. The summed E-state index contributed by atoms with van der Waals surface area (Å²) >= 11 is 3.35. The molecule has 0 bridgehead atoms. The van der Waals surface area contributed by atoms with Crippen molar-refractivity contribution in [3.8, 4) is 0 Å². The number of halogens is 1. The Labute approximate surface area is 97.0 Å². The van der Waals surface area contributed by atoms with Crippen molar-refractivity contribution in [1.82, 2.24) is 4.57 Å². The fourth-order valence-corrected chi connectivity index (χ4v) is 1.92. The molecule has 15 heavy (non-hydrogen) atoms. The summed E-state index contributed by atoms with van der Waals surface area (Å²) in [5.41, 5.74) is 2.06. The fourth-order valence-electron chi connectivity index (χ4n) is 1.65. The first-order valence-electron chi connectivity index (χ1n) is 4.72. The zero-order chi connectivity index (χ0) is 10.8. The van der Waals surface area contributed by atoms with E-state index in [0.29, 0.717) is 0 Å². The van der Waals surface area contributed by atoms with Gasteiger partial charge in [-0.3, -0.25) is 0 Å². The van der Waals surface area contributed by atoms with Crippen LogP contribution in [0.25, 0.3) is 10.9 Å². The van der Waals surface area contributed by atoms with Gasteiger partial charge in [-0.2, -0.15) is 0 Å². The number of aromatic nitrogens is 1. The first kappa shape index (κ1) is 10.5. The van der Waals surface area contributed by atoms with Crippen molar-refractivity contribution in [3.05, 3.63) is 47.1 Å². The molecular formula is C12H12BrNO. The summed E-state index contributed by atoms with van der Waals surface area (Å²) < 4.78 is 3.04. The molecule has 0 saturated carbocycles. The molecule has 1 aromatic heterocycles. The molecule has 0 spiro atoms. The van der Waals surface area contributed by atoms with E-state index in [9.17, 15) is 0 Å². The van der Waals surface area contributed by atoms with E-state index < -0.39 is 0 Å². The molecule has 1 N–H and O–H groups in total. The Kier molecular flexibility index (Phi) is 2.93. The van der Waals surface area contributed by atoms with Crippen LogP contribution < -0.4 is 0 Å². The van der Waals surface area contributed by atoms with E-state index in [1.807, 2.05) is 24.4 Å². The zero-order valence-corrected chi connectivity index (χ0v) is 9.87. The minimum Gasteiger partial charge on any atom is -0.392 e. The molecule has 1 heterocycles. The van der Waals surface area contributed by atoms with Gasteiger partial charge < -0.3 is 9.67 Å². The normalized spacial score (nSPS) is 10.8. The third-order valence-electron chi connectivity index (χ3n) is 2.36. The average molecular weight is 266 g/mol. The maximum absolute atomic E-state index is 9.07. The van der Waals surface area contributed by atoms with Crippen LogP contribution in [-0.2, 0) is 13.2 Å². The number of hydrogen-bond acceptors (Lipinski definition) is 1. The van der Waals surface area contributed by atoms with Gasteiger partial charge in [0.05, 0.1) is 13.2 Å². The van der Waals surface area contributed by atoms with Gasteiger partial charge in [0, 0.05) is 16.2 Å². The summed E-state index contributed by atoms with van der Waals surface area (Å²) in [6, 6.07) is 8.03. The van der Waals surface area contributed by atoms with Crippen molar-refractivity contribution >= 4 is 26.8 Å². The van der Waals surface area contributed by atoms with Crippen LogP contribution in [-0.4, -0.2) is 9.67 Å². The van der Waals surface area contributed by atoms with Crippen molar-refractivity contribution in [3.63, 3.8) is 0 Å². The molecule has 0 atom stereocenters. The van der Waals surface area contributed by atoms with Crippen molar-refractivity contribution in [2.24, 2.45) is 0 Å². The Morgan fingerprint density at radius 3 is 2.87 bits per heavy atom. The molecule has 0 radical (unpaired) electrons. The van der Waals surface area contributed by atoms with Crippen LogP contribution in [0.1, 0.15) is 5.56 Å². The fraction of sp³-hybridized carbons (Fsp3) is 0.167. The molecule has 3 heteroatoms. The summed E-state index contributed by atoms with van der Waals surface area (Å²) in [5.74, 6) is 0. The number of nitrogens with zero attached hydrogens (tertiary/aromatic N) is 1. The van der Waals surface area contributed by atoms with Crippen molar-refractivity contribution in [2.75, 3.05) is 0 Å². The molecule has 2 aromatic rings. The van der Waals surface area contributed by atoms with E-state index in [1.54, 1.807) is 0 Å². The van der Waals surface area contributed by atoms with Gasteiger partial charge in [0.1, 0.15) is 0 Å². The smallest absolute Gasteiger partial charge is 0.0682 e. The molecule has 0 aliphatic carbocycles. The van der Waals surface area contributed by atoms with Gasteiger partial charge in [-0.05, 0) is 23.1 Å². The van der Waals surface area contributed by atoms with Crippen LogP contribution in [0.5, 0.6) is 0 Å². The molecule has 0 aliphatic rings. The predicted molar refractivity (Wildman–Crippen MR) is 65.9 cm³/mol. The van der Waals surface area contributed by atoms with Crippen molar-refractivity contribution in [2.45, 2.75) is 13.2 Å². The van der Waals surface area contributed by atoms with Crippen LogP contribution >= 0.6 is 15.9 Å². The average Bonchev–Trinajstić information content (AvgIpc) is 2.60. The first-order chi connectivity index (χ1) is 7.20. The summed E-state index contributed by atoms with van der Waals surface area (Å²) in [5, 5.41) is 10.3. The summed E-state index contributed by atoms with van der Waals surface area (Å²) in [6.07, 6.45) is 2.03. The predicted octanol–water partition coefficient (Wildman–Crippen LogP) is 3.04. The third kappa shape index (κ3) is 2.13. The van der Waals surface area contributed by atoms with Crippen LogP contribution in [0, 0.1) is 0 Å². The molecule has 2 nitrogen and oxygen atoms in total. The highest BCUT2D eigenvalue weighted by atomic mass is 79.9. The Morgan fingerprint density at radius 2 is 2.20 bits per heavy atom. The molecular weight excluding hydrogens is 254 g/mol. The standard InChI is InChI=1S/C12H12BrNO/c1-9(13)7-14-5-4-11-3-2-10(8-15)6-12(11)14/h2-6,15H,1,7-8H2. The number of hydrogen-bond donors (Lipinski definition) is 1. The Hall–Kier alpha value is -1.06. The zero-order valence-electron chi connectivity index (χ0n) is 8.28. The van der Waals surface area contributed by atoms with Crippen molar-refractivity contribution in [1.29, 1.82) is 0 Å². The maximum atomic E-state index is 9.07. The maximum Gasteiger partial charge on any atom is 0.0682 e. The highest BCUT2D eigenvalue weighted by molar-refractivity contribution is 9.11. The summed E-state index contributed by atoms with van der Waals surface area (Å²) in [7, 11) is 0. The molecule has 0 aliphatic heterocycles. The van der Waals surface area contributed by atoms with Gasteiger partial charge >= 0.3 is 0 Å². The lowest BCUT2D eigenvalue weighted by molar-refractivity contribution is 0.282. The van der Waals surface area contributed by atoms with Crippen LogP contribution in [0.2, 0.25) is 0 Å². The van der Waals surface area contributed by atoms with E-state index in [2.05, 4.69) is 33.1 Å². The van der Waals surface area contributed by atoms with Crippen LogP contribution in [0.3, 0.4) is 0 Å². The van der Waals surface area contributed by atoms with Gasteiger partial charge in [-0.15, -0.1) is 0 Å². The number of fused-ring (bicyclic) bond motifs is 1. The first-order valence-corrected chi connectivity index (χ1v) is 5.52. The van der Waals surface area contributed by atoms with Gasteiger partial charge in [-0.25, -0.2) is 0 Å². The van der Waals surface area contributed by atoms with Gasteiger partial charge in [0.25, 0.3) is 0 Å². The largest absolute Gasteiger partial charge is 0.392 e. The highest BCUT2D eigenvalue weighted by Crippen LogP contribution is 2.19. The molecule has 78 valence electrons. The van der Waals surface area contributed by atoms with E-state index in [0.717, 1.165) is 22.1 Å². The van der Waals surface area contributed by atoms with E-state index >= 15 is 0 Å². The number of aliphatic hydroxyl groups is 1. The van der Waals surface area contributed by atoms with E-state index in [-0.39, 0.29) is 6.61 Å². The molecule has 1 aromatic carbocycles. The Balaban J connectivity index is 2.51. The molecule has 0 fully saturated rings. The Morgan fingerprint density at radius 1 is 1.40 bits per heavy atom. The molecule has 2 rings (SSSR count). The summed E-state index contributed by atoms with van der Waals surface area (Å²) in [6.45, 7) is 4.65. The topological polar surface area (TPSA) is 25.2 Å². The number of aliphatic hydroxyl groups excluding tert-OH is 1. The van der Waals surface area contributed by atoms with E-state index in [1.165, 1.54) is 5.39 Å². The lowest BCUT2D eigenvalue weighted by atomic mass is 10.2. The van der Waals surface area contributed by atoms with Gasteiger partial charge in [0.2, 0.25) is 0 Å². The quantitative estimate of drug-likeness (QED) is 0.907. The van der Waals surface area contributed by atoms with Gasteiger partial charge in [-0.1, -0.05) is 34.6 Å². The minimum absolute atomic E-state index is 0.0797. The second kappa shape index (κ2) is 4.21. The van der Waals surface area contributed by atoms with Crippen molar-refractivity contribution < 1.29 is 5.11 Å². The minimum atomic E-state index is 0.0797. The SMILES string of the molecule is C=C(Br)Cn1ccc2ccc(CO)cc21. The third-order valence-corrected chi connectivity index (χ3v) is 2.61. The van der Waals surface area contributed by atoms with Crippen LogP contribution in [0.4, 0.5) is 0 Å². The molecule has 0 saturated heterocycles. The highest BCUT2D eigenvalue weighted by Gasteiger charge is 2.02. The van der Waals surface area contributed by atoms with E-state index in [4.69, 9.17) is 5.11 Å². The second-order valence-electron chi connectivity index (χ2n) is 3.51. The lowest BCUT2D eigenvalue weighted by Crippen LogP contribution is -1.95. The summed E-state index contributed by atoms with van der Waals surface area (Å²) in [4.78, 5) is 0. The lowest BCUT2D eigenvalue weighted by Gasteiger charge is -2.04. The monoisotopic (exact) mass is 265 g/mol. The second-order valence-corrected chi connectivity index (χ2v) is 4.63. The van der Waals surface area contributed by atoms with Gasteiger partial charge in [0.15, 0.2) is 0 Å².